The van der Waals surface area contributed by atoms with Crippen molar-refractivity contribution in [2.24, 2.45) is 0 Å². The number of ether oxygens (including phenoxy) is 1. The van der Waals surface area contributed by atoms with Crippen molar-refractivity contribution >= 4 is 17.6 Å². The number of amides is 1. The molecule has 1 N–H and O–H groups in total. The molecule has 1 aromatic rings. The van der Waals surface area contributed by atoms with Gasteiger partial charge in [-0.2, -0.15) is 0 Å². The summed E-state index contributed by atoms with van der Waals surface area (Å²) in [6.45, 7) is 3.83. The topological polar surface area (TPSA) is 113 Å². The van der Waals surface area contributed by atoms with Crippen LogP contribution in [-0.2, 0) is 9.59 Å². The Hall–Kier alpha value is -2.68. The number of carbonyl (C=O) groups is 2. The highest BCUT2D eigenvalue weighted by Gasteiger charge is 2.27. The third kappa shape index (κ3) is 5.92. The second-order valence-electron chi connectivity index (χ2n) is 6.39. The van der Waals surface area contributed by atoms with Gasteiger partial charge < -0.3 is 14.7 Å². The number of carboxylic acids is 1. The van der Waals surface area contributed by atoms with Crippen LogP contribution in [-0.4, -0.2) is 70.5 Å². The lowest BCUT2D eigenvalue weighted by molar-refractivity contribution is -0.385. The Morgan fingerprint density at radius 3 is 2.59 bits per heavy atom. The van der Waals surface area contributed by atoms with Crippen LogP contribution in [0.3, 0.4) is 0 Å². The van der Waals surface area contributed by atoms with Crippen LogP contribution in [0, 0.1) is 10.1 Å². The first-order valence-corrected chi connectivity index (χ1v) is 9.02. The van der Waals surface area contributed by atoms with Crippen LogP contribution in [0.15, 0.2) is 24.3 Å². The van der Waals surface area contributed by atoms with Gasteiger partial charge in [0.25, 0.3) is 0 Å². The third-order valence-electron chi connectivity index (χ3n) is 4.71. The highest BCUT2D eigenvalue weighted by Crippen LogP contribution is 2.26. The molecular formula is C18H25N3O6. The molecular weight excluding hydrogens is 354 g/mol. The summed E-state index contributed by atoms with van der Waals surface area (Å²) in [5.74, 6) is -0.753. The van der Waals surface area contributed by atoms with E-state index in [2.05, 4.69) is 0 Å². The van der Waals surface area contributed by atoms with Crippen molar-refractivity contribution in [2.45, 2.75) is 32.2 Å². The maximum atomic E-state index is 12.3. The molecule has 0 radical (unpaired) electrons. The summed E-state index contributed by atoms with van der Waals surface area (Å²) in [5.41, 5.74) is -0.121. The largest absolute Gasteiger partial charge is 0.486 e. The van der Waals surface area contributed by atoms with Crippen LogP contribution in [0.5, 0.6) is 5.75 Å². The maximum Gasteiger partial charge on any atom is 0.317 e. The molecule has 1 aromatic carbocycles. The lowest BCUT2D eigenvalue weighted by atomic mass is 10.0. The summed E-state index contributed by atoms with van der Waals surface area (Å²) in [6.07, 6.45) is 1.61. The maximum absolute atomic E-state index is 12.3. The van der Waals surface area contributed by atoms with Gasteiger partial charge in [0.2, 0.25) is 5.91 Å². The second-order valence-corrected chi connectivity index (χ2v) is 6.39. The number of nitrogens with zero attached hydrogens (tertiary/aromatic N) is 3. The van der Waals surface area contributed by atoms with E-state index in [-0.39, 0.29) is 43.0 Å². The molecule has 27 heavy (non-hydrogen) atoms. The Labute approximate surface area is 157 Å². The number of carboxylic acid groups (broad SMARTS) is 1. The Bertz CT molecular complexity index is 673. The van der Waals surface area contributed by atoms with Crippen LogP contribution in [0.25, 0.3) is 0 Å². The number of likely N-dealkylation sites (N-methyl/N-ethyl adjacent to an activating group) is 1. The van der Waals surface area contributed by atoms with Crippen LogP contribution in [0.4, 0.5) is 5.69 Å². The molecule has 1 saturated heterocycles. The number of rotatable bonds is 9. The molecule has 9 nitrogen and oxygen atoms in total. The Balaban J connectivity index is 1.78. The molecule has 0 unspecified atom stereocenters. The van der Waals surface area contributed by atoms with Gasteiger partial charge in [-0.15, -0.1) is 0 Å². The van der Waals surface area contributed by atoms with Crippen molar-refractivity contribution in [1.82, 2.24) is 9.80 Å². The predicted molar refractivity (Wildman–Crippen MR) is 97.7 cm³/mol. The monoisotopic (exact) mass is 379 g/mol. The molecule has 0 aromatic heterocycles. The summed E-state index contributed by atoms with van der Waals surface area (Å²) < 4.78 is 5.42. The number of hydrogen-bond acceptors (Lipinski definition) is 6. The standard InChI is InChI=1S/C18H25N3O6/c1-2-19(13-18(23)24)14-7-10-20(11-8-14)17(22)9-12-27-16-6-4-3-5-15(16)21(25)26/h3-6,14H,2,7-13H2,1H3,(H,23,24). The van der Waals surface area contributed by atoms with E-state index in [4.69, 9.17) is 9.84 Å². The molecule has 148 valence electrons. The lowest BCUT2D eigenvalue weighted by Crippen LogP contribution is -2.48. The number of hydrogen-bond donors (Lipinski definition) is 1. The zero-order chi connectivity index (χ0) is 19.8. The number of carbonyl (C=O) groups excluding carboxylic acids is 1. The fraction of sp³-hybridized carbons (Fsp3) is 0.556. The van der Waals surface area contributed by atoms with Gasteiger partial charge in [-0.25, -0.2) is 0 Å². The van der Waals surface area contributed by atoms with Gasteiger partial charge in [0.05, 0.1) is 24.5 Å². The van der Waals surface area contributed by atoms with Crippen molar-refractivity contribution < 1.29 is 24.4 Å². The van der Waals surface area contributed by atoms with Gasteiger partial charge in [-0.3, -0.25) is 24.6 Å². The fourth-order valence-corrected chi connectivity index (χ4v) is 3.29. The third-order valence-corrected chi connectivity index (χ3v) is 4.71. The number of nitro groups is 1. The first kappa shape index (κ1) is 20.6. The zero-order valence-electron chi connectivity index (χ0n) is 15.4. The fourth-order valence-electron chi connectivity index (χ4n) is 3.29. The normalized spacial score (nSPS) is 15.0. The van der Waals surface area contributed by atoms with Crippen molar-refractivity contribution in [1.29, 1.82) is 0 Å². The second kappa shape index (κ2) is 9.86. The number of likely N-dealkylation sites (tertiary alicyclic amines) is 1. The highest BCUT2D eigenvalue weighted by atomic mass is 16.6. The Kier molecular flexibility index (Phi) is 7.54. The highest BCUT2D eigenvalue weighted by molar-refractivity contribution is 5.76. The molecule has 0 bridgehead atoms. The van der Waals surface area contributed by atoms with E-state index in [1.54, 1.807) is 17.0 Å². The molecule has 1 aliphatic rings. The van der Waals surface area contributed by atoms with Gasteiger partial charge in [0.1, 0.15) is 0 Å². The van der Waals surface area contributed by atoms with Gasteiger partial charge in [0.15, 0.2) is 5.75 Å². The van der Waals surface area contributed by atoms with Crippen LogP contribution >= 0.6 is 0 Å². The summed E-state index contributed by atoms with van der Waals surface area (Å²) in [7, 11) is 0. The lowest BCUT2D eigenvalue weighted by Gasteiger charge is -2.37. The first-order chi connectivity index (χ1) is 12.9. The first-order valence-electron chi connectivity index (χ1n) is 9.02. The van der Waals surface area contributed by atoms with E-state index in [1.807, 2.05) is 11.8 Å². The minimum atomic E-state index is -0.845. The van der Waals surface area contributed by atoms with Gasteiger partial charge in [-0.05, 0) is 25.5 Å². The van der Waals surface area contributed by atoms with E-state index in [0.29, 0.717) is 19.6 Å². The number of para-hydroxylation sites is 2. The van der Waals surface area contributed by atoms with Gasteiger partial charge in [-0.1, -0.05) is 19.1 Å². The average Bonchev–Trinajstić information content (AvgIpc) is 2.66. The SMILES string of the molecule is CCN(CC(=O)O)C1CCN(C(=O)CCOc2ccccc2[N+](=O)[O-])CC1. The molecule has 0 aliphatic carbocycles. The summed E-state index contributed by atoms with van der Waals surface area (Å²) >= 11 is 0. The molecule has 1 fully saturated rings. The minimum Gasteiger partial charge on any atom is -0.486 e. The summed E-state index contributed by atoms with van der Waals surface area (Å²) in [5, 5.41) is 19.9. The van der Waals surface area contributed by atoms with Gasteiger partial charge in [0, 0.05) is 25.2 Å². The Morgan fingerprint density at radius 2 is 2.00 bits per heavy atom. The molecule has 9 heteroatoms. The number of benzene rings is 1. The molecule has 1 amide bonds. The van der Waals surface area contributed by atoms with Crippen molar-refractivity contribution in [3.8, 4) is 5.75 Å². The summed E-state index contributed by atoms with van der Waals surface area (Å²) in [6, 6.07) is 6.24. The van der Waals surface area contributed by atoms with Crippen LogP contribution in [0.2, 0.25) is 0 Å². The van der Waals surface area contributed by atoms with E-state index in [0.717, 1.165) is 12.8 Å². The van der Waals surface area contributed by atoms with E-state index in [9.17, 15) is 19.7 Å². The van der Waals surface area contributed by atoms with Crippen LogP contribution in [0.1, 0.15) is 26.2 Å². The van der Waals surface area contributed by atoms with Crippen molar-refractivity contribution in [2.75, 3.05) is 32.8 Å². The molecule has 1 aliphatic heterocycles. The van der Waals surface area contributed by atoms with Crippen molar-refractivity contribution in [3.05, 3.63) is 34.4 Å². The number of aliphatic carboxylic acids is 1. The number of piperidine rings is 1. The zero-order valence-corrected chi connectivity index (χ0v) is 15.4. The van der Waals surface area contributed by atoms with Gasteiger partial charge >= 0.3 is 11.7 Å². The average molecular weight is 379 g/mol. The quantitative estimate of drug-likeness (QED) is 0.514. The molecule has 0 saturated carbocycles. The van der Waals surface area contributed by atoms with Crippen LogP contribution < -0.4 is 4.74 Å². The van der Waals surface area contributed by atoms with E-state index >= 15 is 0 Å². The predicted octanol–water partition coefficient (Wildman–Crippen LogP) is 1.76. The van der Waals surface area contributed by atoms with Crippen molar-refractivity contribution in [3.63, 3.8) is 0 Å². The molecule has 0 atom stereocenters. The molecule has 2 rings (SSSR count). The number of nitro benzene ring substituents is 1. The molecule has 0 spiro atoms. The smallest absolute Gasteiger partial charge is 0.317 e. The Morgan fingerprint density at radius 1 is 1.33 bits per heavy atom. The molecule has 1 heterocycles. The minimum absolute atomic E-state index is 0.0127. The van der Waals surface area contributed by atoms with E-state index in [1.165, 1.54) is 12.1 Å². The summed E-state index contributed by atoms with van der Waals surface area (Å²) in [4.78, 5) is 37.4. The van der Waals surface area contributed by atoms with E-state index < -0.39 is 10.9 Å².